The molecule has 26 heavy (non-hydrogen) atoms. The molecule has 0 spiro atoms. The van der Waals surface area contributed by atoms with E-state index in [1.165, 1.54) is 36.5 Å². The number of hydrogen-bond donors (Lipinski definition) is 2. The Morgan fingerprint density at radius 2 is 1.58 bits per heavy atom. The Kier molecular flexibility index (Phi) is 5.24. The topological polar surface area (TPSA) is 71.1 Å². The molecule has 7 heteroatoms. The van der Waals surface area contributed by atoms with Gasteiger partial charge < -0.3 is 10.6 Å². The van der Waals surface area contributed by atoms with E-state index in [1.807, 2.05) is 0 Å². The van der Waals surface area contributed by atoms with Crippen LogP contribution in [-0.4, -0.2) is 16.8 Å². The largest absolute Gasteiger partial charge is 0.322 e. The van der Waals surface area contributed by atoms with Crippen molar-refractivity contribution in [2.24, 2.45) is 0 Å². The molecule has 0 atom stereocenters. The average Bonchev–Trinajstić information content (AvgIpc) is 2.62. The molecule has 0 aliphatic rings. The Balaban J connectivity index is 1.75. The minimum Gasteiger partial charge on any atom is -0.322 e. The summed E-state index contributed by atoms with van der Waals surface area (Å²) in [5.74, 6) is -1.42. The van der Waals surface area contributed by atoms with Gasteiger partial charge in [-0.3, -0.25) is 14.6 Å². The number of carbonyl (C=O) groups is 2. The van der Waals surface area contributed by atoms with E-state index in [4.69, 9.17) is 11.6 Å². The van der Waals surface area contributed by atoms with Crippen LogP contribution in [0.3, 0.4) is 0 Å². The highest BCUT2D eigenvalue weighted by atomic mass is 35.5. The van der Waals surface area contributed by atoms with Gasteiger partial charge in [0, 0.05) is 28.2 Å². The third kappa shape index (κ3) is 4.43. The summed E-state index contributed by atoms with van der Waals surface area (Å²) in [4.78, 5) is 28.6. The van der Waals surface area contributed by atoms with Crippen LogP contribution in [0.4, 0.5) is 15.8 Å². The summed E-state index contributed by atoms with van der Waals surface area (Å²) in [5.41, 5.74) is 1.12. The van der Waals surface area contributed by atoms with E-state index < -0.39 is 17.6 Å². The molecule has 0 saturated carbocycles. The van der Waals surface area contributed by atoms with Crippen LogP contribution in [0.15, 0.2) is 66.9 Å². The second-order valence-corrected chi connectivity index (χ2v) is 5.80. The van der Waals surface area contributed by atoms with E-state index in [-0.39, 0.29) is 11.3 Å². The van der Waals surface area contributed by atoms with Crippen molar-refractivity contribution in [3.8, 4) is 0 Å². The highest BCUT2D eigenvalue weighted by molar-refractivity contribution is 6.31. The van der Waals surface area contributed by atoms with E-state index in [2.05, 4.69) is 15.6 Å². The maximum Gasteiger partial charge on any atom is 0.274 e. The van der Waals surface area contributed by atoms with Crippen LogP contribution in [0.25, 0.3) is 0 Å². The summed E-state index contributed by atoms with van der Waals surface area (Å²) < 4.78 is 13.2. The molecule has 130 valence electrons. The van der Waals surface area contributed by atoms with Gasteiger partial charge in [-0.25, -0.2) is 4.39 Å². The molecule has 3 rings (SSSR count). The molecule has 1 aromatic heterocycles. The van der Waals surface area contributed by atoms with Gasteiger partial charge >= 0.3 is 0 Å². The number of nitrogens with zero attached hydrogens (tertiary/aromatic N) is 1. The molecule has 2 amide bonds. The number of pyridine rings is 1. The number of carbonyl (C=O) groups excluding carboxylic acids is 2. The fraction of sp³-hybridized carbons (Fsp3) is 0. The highest BCUT2D eigenvalue weighted by Gasteiger charge is 2.13. The van der Waals surface area contributed by atoms with Crippen LogP contribution < -0.4 is 10.6 Å². The second kappa shape index (κ2) is 7.76. The molecule has 0 saturated heterocycles. The van der Waals surface area contributed by atoms with E-state index >= 15 is 0 Å². The van der Waals surface area contributed by atoms with Crippen LogP contribution in [0.2, 0.25) is 5.02 Å². The van der Waals surface area contributed by atoms with E-state index in [0.717, 1.165) is 0 Å². The van der Waals surface area contributed by atoms with Crippen LogP contribution >= 0.6 is 11.6 Å². The first-order valence-corrected chi connectivity index (χ1v) is 7.99. The molecule has 0 unspecified atom stereocenters. The van der Waals surface area contributed by atoms with Gasteiger partial charge in [0.15, 0.2) is 0 Å². The number of aromatic nitrogens is 1. The van der Waals surface area contributed by atoms with Crippen LogP contribution in [-0.2, 0) is 0 Å². The van der Waals surface area contributed by atoms with Crippen LogP contribution in [0.5, 0.6) is 0 Å². The van der Waals surface area contributed by atoms with Gasteiger partial charge in [0.1, 0.15) is 11.5 Å². The molecule has 0 fully saturated rings. The van der Waals surface area contributed by atoms with Gasteiger partial charge in [0.25, 0.3) is 11.8 Å². The van der Waals surface area contributed by atoms with Crippen molar-refractivity contribution in [2.75, 3.05) is 10.6 Å². The molecule has 5 nitrogen and oxygen atoms in total. The lowest BCUT2D eigenvalue weighted by Crippen LogP contribution is -2.17. The van der Waals surface area contributed by atoms with E-state index in [1.54, 1.807) is 30.3 Å². The maximum absolute atomic E-state index is 13.2. The molecule has 0 aliphatic heterocycles. The van der Waals surface area contributed by atoms with Crippen molar-refractivity contribution in [3.63, 3.8) is 0 Å². The number of halogens is 2. The van der Waals surface area contributed by atoms with Crippen molar-refractivity contribution in [2.45, 2.75) is 0 Å². The Hall–Kier alpha value is -3.25. The third-order valence-electron chi connectivity index (χ3n) is 3.42. The summed E-state index contributed by atoms with van der Waals surface area (Å²) in [5, 5.41) is 5.71. The lowest BCUT2D eigenvalue weighted by atomic mass is 10.2. The summed E-state index contributed by atoms with van der Waals surface area (Å²) in [7, 11) is 0. The van der Waals surface area contributed by atoms with Gasteiger partial charge in [-0.1, -0.05) is 23.7 Å². The first-order chi connectivity index (χ1) is 12.5. The molecule has 0 aliphatic carbocycles. The van der Waals surface area contributed by atoms with Gasteiger partial charge in [-0.2, -0.15) is 0 Å². The summed E-state index contributed by atoms with van der Waals surface area (Å²) in [6.45, 7) is 0. The normalized spacial score (nSPS) is 10.2. The smallest absolute Gasteiger partial charge is 0.274 e. The molecule has 0 bridgehead atoms. The number of benzene rings is 2. The summed E-state index contributed by atoms with van der Waals surface area (Å²) in [6.07, 6.45) is 1.35. The third-order valence-corrected chi connectivity index (χ3v) is 3.65. The van der Waals surface area contributed by atoms with Gasteiger partial charge in [0.2, 0.25) is 0 Å². The van der Waals surface area contributed by atoms with Crippen molar-refractivity contribution in [1.82, 2.24) is 4.98 Å². The number of rotatable bonds is 4. The van der Waals surface area contributed by atoms with Crippen LogP contribution in [0.1, 0.15) is 20.8 Å². The number of amides is 2. The molecule has 3 aromatic rings. The molecule has 2 N–H and O–H groups in total. The van der Waals surface area contributed by atoms with Gasteiger partial charge in [-0.05, 0) is 48.5 Å². The first-order valence-electron chi connectivity index (χ1n) is 7.61. The summed E-state index contributed by atoms with van der Waals surface area (Å²) in [6, 6.07) is 15.0. The van der Waals surface area contributed by atoms with Crippen molar-refractivity contribution >= 4 is 34.8 Å². The molecular weight excluding hydrogens is 357 g/mol. The van der Waals surface area contributed by atoms with Crippen LogP contribution in [0, 0.1) is 5.82 Å². The molecule has 2 aromatic carbocycles. The maximum atomic E-state index is 13.2. The quantitative estimate of drug-likeness (QED) is 0.717. The fourth-order valence-electron chi connectivity index (χ4n) is 2.23. The predicted octanol–water partition coefficient (Wildman–Crippen LogP) is 4.38. The van der Waals surface area contributed by atoms with E-state index in [0.29, 0.717) is 16.4 Å². The Labute approximate surface area is 153 Å². The number of hydrogen-bond acceptors (Lipinski definition) is 3. The fourth-order valence-corrected chi connectivity index (χ4v) is 2.42. The standard InChI is InChI=1S/C19H13ClFN3O2/c20-13-3-1-5-15(10-13)23-18(25)12-7-8-22-17(9-12)19(26)24-16-6-2-4-14(21)11-16/h1-11H,(H,23,25)(H,24,26). The molecular formula is C19H13ClFN3O2. The Morgan fingerprint density at radius 1 is 0.885 bits per heavy atom. The SMILES string of the molecule is O=C(Nc1cccc(Cl)c1)c1ccnc(C(=O)Nc2cccc(F)c2)c1. The molecule has 1 heterocycles. The molecule has 0 radical (unpaired) electrons. The van der Waals surface area contributed by atoms with Gasteiger partial charge in [0.05, 0.1) is 0 Å². The number of anilines is 2. The predicted molar refractivity (Wildman–Crippen MR) is 98.0 cm³/mol. The minimum atomic E-state index is -0.548. The lowest BCUT2D eigenvalue weighted by Gasteiger charge is -2.08. The van der Waals surface area contributed by atoms with Crippen molar-refractivity contribution in [3.05, 3.63) is 89.0 Å². The highest BCUT2D eigenvalue weighted by Crippen LogP contribution is 2.16. The first kappa shape index (κ1) is 17.6. The second-order valence-electron chi connectivity index (χ2n) is 5.36. The van der Waals surface area contributed by atoms with E-state index in [9.17, 15) is 14.0 Å². The lowest BCUT2D eigenvalue weighted by molar-refractivity contribution is 0.102. The minimum absolute atomic E-state index is 0.0352. The zero-order valence-corrected chi connectivity index (χ0v) is 14.1. The van der Waals surface area contributed by atoms with Crippen molar-refractivity contribution < 1.29 is 14.0 Å². The summed E-state index contributed by atoms with van der Waals surface area (Å²) >= 11 is 5.89. The monoisotopic (exact) mass is 369 g/mol. The Bertz CT molecular complexity index is 904. The van der Waals surface area contributed by atoms with Gasteiger partial charge in [-0.15, -0.1) is 0 Å². The zero-order valence-electron chi connectivity index (χ0n) is 13.4. The average molecular weight is 370 g/mol. The van der Waals surface area contributed by atoms with Crippen molar-refractivity contribution in [1.29, 1.82) is 0 Å². The Morgan fingerprint density at radius 3 is 2.31 bits per heavy atom. The zero-order chi connectivity index (χ0) is 18.5. The number of nitrogens with one attached hydrogen (secondary N) is 2.